The van der Waals surface area contributed by atoms with E-state index in [2.05, 4.69) is 0 Å². The number of rotatable bonds is 16. The molecule has 0 saturated heterocycles. The minimum Gasteiger partial charge on any atom is -0.465 e. The molecule has 0 fully saturated rings. The van der Waals surface area contributed by atoms with Gasteiger partial charge in [0.1, 0.15) is 6.29 Å². The van der Waals surface area contributed by atoms with Gasteiger partial charge in [-0.1, -0.05) is 6.42 Å². The highest BCUT2D eigenvalue weighted by molar-refractivity contribution is 5.69. The van der Waals surface area contributed by atoms with Crippen LogP contribution in [0.15, 0.2) is 0 Å². The van der Waals surface area contributed by atoms with Gasteiger partial charge < -0.3 is 23.7 Å². The molecule has 0 aliphatic carbocycles. The molecule has 6 heteroatoms. The van der Waals surface area contributed by atoms with Gasteiger partial charge in [-0.25, -0.2) is 0 Å². The second-order valence-electron chi connectivity index (χ2n) is 5.16. The molecule has 1 unspecified atom stereocenters. The normalized spacial score (nSPS) is 12.1. The summed E-state index contributed by atoms with van der Waals surface area (Å²) in [6.07, 6.45) is 5.14. The first-order valence-corrected chi connectivity index (χ1v) is 7.89. The number of hydrogen-bond donors (Lipinski definition) is 0. The number of carbonyl (C=O) groups excluding carboxylic acids is 2. The van der Waals surface area contributed by atoms with E-state index in [9.17, 15) is 9.59 Å². The summed E-state index contributed by atoms with van der Waals surface area (Å²) in [4.78, 5) is 21.7. The zero-order valence-electron chi connectivity index (χ0n) is 13.9. The Morgan fingerprint density at radius 3 is 2.50 bits per heavy atom. The van der Waals surface area contributed by atoms with Crippen molar-refractivity contribution in [3.05, 3.63) is 0 Å². The fourth-order valence-electron chi connectivity index (χ4n) is 1.90. The highest BCUT2D eigenvalue weighted by atomic mass is 16.5. The van der Waals surface area contributed by atoms with Crippen molar-refractivity contribution in [1.29, 1.82) is 0 Å². The summed E-state index contributed by atoms with van der Waals surface area (Å²) >= 11 is 0. The lowest BCUT2D eigenvalue weighted by Crippen LogP contribution is -2.19. The van der Waals surface area contributed by atoms with E-state index in [4.69, 9.17) is 18.9 Å². The van der Waals surface area contributed by atoms with Gasteiger partial charge >= 0.3 is 5.97 Å². The SMILES string of the molecule is COCCC(COC)COC(=O)CCCCCOCCC=O. The number of hydrogen-bond acceptors (Lipinski definition) is 6. The number of aldehydes is 1. The van der Waals surface area contributed by atoms with Crippen LogP contribution in [0.5, 0.6) is 0 Å². The van der Waals surface area contributed by atoms with Gasteiger partial charge in [0.15, 0.2) is 0 Å². The fourth-order valence-corrected chi connectivity index (χ4v) is 1.90. The Bertz CT molecular complexity index is 269. The van der Waals surface area contributed by atoms with Gasteiger partial charge in [-0.05, 0) is 19.3 Å². The van der Waals surface area contributed by atoms with Crippen LogP contribution in [-0.2, 0) is 28.5 Å². The minimum absolute atomic E-state index is 0.166. The predicted octanol–water partition coefficient (Wildman–Crippen LogP) is 1.99. The Labute approximate surface area is 133 Å². The van der Waals surface area contributed by atoms with E-state index in [1.54, 1.807) is 14.2 Å². The van der Waals surface area contributed by atoms with Crippen LogP contribution in [0.1, 0.15) is 38.5 Å². The maximum absolute atomic E-state index is 11.6. The van der Waals surface area contributed by atoms with Gasteiger partial charge in [0.05, 0.1) is 19.8 Å². The van der Waals surface area contributed by atoms with Crippen molar-refractivity contribution >= 4 is 12.3 Å². The Morgan fingerprint density at radius 2 is 1.82 bits per heavy atom. The third-order valence-electron chi connectivity index (χ3n) is 3.16. The minimum atomic E-state index is -0.166. The van der Waals surface area contributed by atoms with E-state index in [-0.39, 0.29) is 11.9 Å². The summed E-state index contributed by atoms with van der Waals surface area (Å²) in [5.74, 6) is 0.0144. The molecule has 0 aromatic carbocycles. The Kier molecular flexibility index (Phi) is 15.7. The largest absolute Gasteiger partial charge is 0.465 e. The number of ether oxygens (including phenoxy) is 4. The van der Waals surface area contributed by atoms with E-state index in [1.807, 2.05) is 0 Å². The standard InChI is InChI=1S/C16H30O6/c1-19-12-8-15(13-20-2)14-22-16(18)7-4-3-5-10-21-11-6-9-17/h9,15H,3-8,10-14H2,1-2H3. The van der Waals surface area contributed by atoms with E-state index >= 15 is 0 Å². The zero-order chi connectivity index (χ0) is 16.5. The highest BCUT2D eigenvalue weighted by Crippen LogP contribution is 2.07. The maximum atomic E-state index is 11.6. The highest BCUT2D eigenvalue weighted by Gasteiger charge is 2.11. The molecule has 0 heterocycles. The van der Waals surface area contributed by atoms with E-state index in [1.165, 1.54) is 0 Å². The van der Waals surface area contributed by atoms with Crippen molar-refractivity contribution in [2.45, 2.75) is 38.5 Å². The molecule has 0 N–H and O–H groups in total. The summed E-state index contributed by atoms with van der Waals surface area (Å²) < 4.78 is 20.6. The summed E-state index contributed by atoms with van der Waals surface area (Å²) in [7, 11) is 3.29. The Morgan fingerprint density at radius 1 is 1.00 bits per heavy atom. The molecule has 0 radical (unpaired) electrons. The lowest BCUT2D eigenvalue weighted by molar-refractivity contribution is -0.146. The van der Waals surface area contributed by atoms with Crippen molar-refractivity contribution in [2.24, 2.45) is 5.92 Å². The molecular formula is C16H30O6. The molecule has 0 aliphatic heterocycles. The first-order chi connectivity index (χ1) is 10.7. The van der Waals surface area contributed by atoms with E-state index in [0.717, 1.165) is 32.0 Å². The van der Waals surface area contributed by atoms with Crippen molar-refractivity contribution in [3.8, 4) is 0 Å². The first-order valence-electron chi connectivity index (χ1n) is 7.89. The molecule has 6 nitrogen and oxygen atoms in total. The topological polar surface area (TPSA) is 71.1 Å². The van der Waals surface area contributed by atoms with Gasteiger partial charge in [-0.2, -0.15) is 0 Å². The zero-order valence-corrected chi connectivity index (χ0v) is 13.9. The van der Waals surface area contributed by atoms with Crippen molar-refractivity contribution in [1.82, 2.24) is 0 Å². The quantitative estimate of drug-likeness (QED) is 0.246. The van der Waals surface area contributed by atoms with Crippen LogP contribution >= 0.6 is 0 Å². The molecular weight excluding hydrogens is 288 g/mol. The maximum Gasteiger partial charge on any atom is 0.305 e. The van der Waals surface area contributed by atoms with Crippen LogP contribution in [-0.4, -0.2) is 59.5 Å². The third kappa shape index (κ3) is 14.0. The van der Waals surface area contributed by atoms with E-state index < -0.39 is 0 Å². The van der Waals surface area contributed by atoms with Crippen LogP contribution < -0.4 is 0 Å². The van der Waals surface area contributed by atoms with Gasteiger partial charge in [0.25, 0.3) is 0 Å². The van der Waals surface area contributed by atoms with E-state index in [0.29, 0.717) is 45.9 Å². The molecule has 130 valence electrons. The lowest BCUT2D eigenvalue weighted by Gasteiger charge is -2.15. The molecule has 0 aliphatic rings. The van der Waals surface area contributed by atoms with Crippen molar-refractivity contribution in [3.63, 3.8) is 0 Å². The average Bonchev–Trinajstić information content (AvgIpc) is 2.52. The van der Waals surface area contributed by atoms with Gasteiger partial charge in [-0.3, -0.25) is 4.79 Å². The number of carbonyl (C=O) groups is 2. The summed E-state index contributed by atoms with van der Waals surface area (Å²) in [5, 5.41) is 0. The summed E-state index contributed by atoms with van der Waals surface area (Å²) in [6.45, 7) is 2.69. The molecule has 0 bridgehead atoms. The van der Waals surface area contributed by atoms with Crippen LogP contribution in [0.4, 0.5) is 0 Å². The molecule has 0 aromatic rings. The van der Waals surface area contributed by atoms with Gasteiger partial charge in [0, 0.05) is 46.2 Å². The first kappa shape index (κ1) is 21.0. The van der Waals surface area contributed by atoms with Crippen LogP contribution in [0.2, 0.25) is 0 Å². The van der Waals surface area contributed by atoms with Gasteiger partial charge in [-0.15, -0.1) is 0 Å². The Hall–Kier alpha value is -0.980. The number of unbranched alkanes of at least 4 members (excludes halogenated alkanes) is 2. The molecule has 0 aromatic heterocycles. The van der Waals surface area contributed by atoms with Gasteiger partial charge in [0.2, 0.25) is 0 Å². The second kappa shape index (κ2) is 16.4. The molecule has 0 rings (SSSR count). The Balaban J connectivity index is 3.52. The summed E-state index contributed by atoms with van der Waals surface area (Å²) in [6, 6.07) is 0. The van der Waals surface area contributed by atoms with Crippen LogP contribution in [0, 0.1) is 5.92 Å². The third-order valence-corrected chi connectivity index (χ3v) is 3.16. The van der Waals surface area contributed by atoms with Crippen molar-refractivity contribution in [2.75, 3.05) is 47.3 Å². The van der Waals surface area contributed by atoms with Crippen molar-refractivity contribution < 1.29 is 28.5 Å². The summed E-state index contributed by atoms with van der Waals surface area (Å²) in [5.41, 5.74) is 0. The smallest absolute Gasteiger partial charge is 0.305 e. The molecule has 0 amide bonds. The molecule has 0 saturated carbocycles. The van der Waals surface area contributed by atoms with Crippen LogP contribution in [0.3, 0.4) is 0 Å². The average molecular weight is 318 g/mol. The number of esters is 1. The molecule has 0 spiro atoms. The molecule has 1 atom stereocenters. The number of methoxy groups -OCH3 is 2. The monoisotopic (exact) mass is 318 g/mol. The second-order valence-corrected chi connectivity index (χ2v) is 5.16. The van der Waals surface area contributed by atoms with Crippen LogP contribution in [0.25, 0.3) is 0 Å². The molecule has 22 heavy (non-hydrogen) atoms. The predicted molar refractivity (Wildman–Crippen MR) is 82.8 cm³/mol. The lowest BCUT2D eigenvalue weighted by atomic mass is 10.1. The fraction of sp³-hybridized carbons (Fsp3) is 0.875.